The van der Waals surface area contributed by atoms with Gasteiger partial charge < -0.3 is 44.0 Å². The fourth-order valence-corrected chi connectivity index (χ4v) is 9.34. The Labute approximate surface area is 371 Å². The highest BCUT2D eigenvalue weighted by Crippen LogP contribution is 2.62. The van der Waals surface area contributed by atoms with Gasteiger partial charge in [0.1, 0.15) is 30.4 Å². The monoisotopic (exact) mass is 884 g/mol. The largest absolute Gasteiger partial charge is 0.459 e. The van der Waals surface area contributed by atoms with Gasteiger partial charge in [-0.2, -0.15) is 0 Å². The summed E-state index contributed by atoms with van der Waals surface area (Å²) in [5.74, 6) is -1.96. The van der Waals surface area contributed by atoms with Crippen molar-refractivity contribution < 1.29 is 53.7 Å². The maximum absolute atomic E-state index is 14.7. The second-order valence-electron chi connectivity index (χ2n) is 15.9. The molecule has 17 heteroatoms. The molecule has 1 aliphatic heterocycles. The number of carbonyl (C=O) groups is 1. The minimum absolute atomic E-state index is 0.0138. The third kappa shape index (κ3) is 10.8. The summed E-state index contributed by atoms with van der Waals surface area (Å²) in [6.07, 6.45) is 11.0. The van der Waals surface area contributed by atoms with Crippen LogP contribution < -0.4 is 9.47 Å². The number of carbonyl (C=O) groups excluding carboxylic acids is 1. The summed E-state index contributed by atoms with van der Waals surface area (Å²) in [6, 6.07) is 16.2. The molecule has 0 bridgehead atoms. The first kappa shape index (κ1) is 47.5. The second kappa shape index (κ2) is 22.6. The van der Waals surface area contributed by atoms with Gasteiger partial charge >= 0.3 is 0 Å². The smallest absolute Gasteiger partial charge is 0.273 e. The number of benzene rings is 3. The Bertz CT molecular complexity index is 2190. The van der Waals surface area contributed by atoms with Gasteiger partial charge in [-0.05, 0) is 91.1 Å². The van der Waals surface area contributed by atoms with Gasteiger partial charge in [0.05, 0.1) is 54.0 Å². The molecule has 0 radical (unpaired) electrons. The molecule has 3 aromatic rings. The van der Waals surface area contributed by atoms with E-state index in [-0.39, 0.29) is 87.5 Å². The average Bonchev–Trinajstić information content (AvgIpc) is 3.29. The Morgan fingerprint density at radius 3 is 2.36 bits per heavy atom. The van der Waals surface area contributed by atoms with Crippen LogP contribution in [0.4, 0.5) is 11.4 Å². The number of aliphatic hydroxyl groups excluding tert-OH is 3. The molecule has 1 saturated carbocycles. The molecule has 1 fully saturated rings. The SMILES string of the molecule is C=CCO[C@@]12Oc3ccc(Oc4cccc([N+](=O)[O-])c4)cc3[C@H]3[C@H](CCCCO)[C@@H](CCCCO)C=C(C(=NOC)C[C@@H]1N(CCOCCO)C(=O)C=Cc1ccc([N+](=O)[O-])cc1)[C@H]32. The van der Waals surface area contributed by atoms with Crippen LogP contribution >= 0.6 is 0 Å². The molecule has 1 amide bonds. The summed E-state index contributed by atoms with van der Waals surface area (Å²) >= 11 is 0. The molecule has 1 heterocycles. The van der Waals surface area contributed by atoms with E-state index in [0.717, 1.165) is 24.0 Å². The van der Waals surface area contributed by atoms with Crippen LogP contribution in [0.3, 0.4) is 0 Å². The van der Waals surface area contributed by atoms with Crippen molar-refractivity contribution >= 4 is 29.1 Å². The molecule has 64 heavy (non-hydrogen) atoms. The quantitative estimate of drug-likeness (QED) is 0.0268. The Hall–Kier alpha value is -5.98. The fourth-order valence-electron chi connectivity index (χ4n) is 9.34. The number of rotatable bonds is 24. The molecule has 2 aliphatic carbocycles. The number of non-ortho nitro benzene ring substituents is 2. The van der Waals surface area contributed by atoms with E-state index in [2.05, 4.69) is 17.8 Å². The van der Waals surface area contributed by atoms with Gasteiger partial charge in [-0.1, -0.05) is 36.2 Å². The van der Waals surface area contributed by atoms with Crippen LogP contribution in [-0.2, 0) is 19.1 Å². The minimum atomic E-state index is -1.58. The highest BCUT2D eigenvalue weighted by molar-refractivity contribution is 6.03. The third-order valence-corrected chi connectivity index (χ3v) is 12.0. The molecular formula is C47H56N4O13. The maximum atomic E-state index is 14.7. The van der Waals surface area contributed by atoms with Crippen molar-refractivity contribution in [2.45, 2.75) is 62.7 Å². The van der Waals surface area contributed by atoms with Crippen molar-refractivity contribution in [3.63, 3.8) is 0 Å². The molecular weight excluding hydrogens is 829 g/mol. The Balaban J connectivity index is 1.55. The summed E-state index contributed by atoms with van der Waals surface area (Å²) in [6.45, 7) is 3.95. The van der Waals surface area contributed by atoms with Crippen LogP contribution in [0.1, 0.15) is 62.0 Å². The molecule has 0 unspecified atom stereocenters. The van der Waals surface area contributed by atoms with Crippen molar-refractivity contribution in [1.82, 2.24) is 4.90 Å². The van der Waals surface area contributed by atoms with Crippen molar-refractivity contribution in [2.75, 3.05) is 53.3 Å². The van der Waals surface area contributed by atoms with Gasteiger partial charge in [0.25, 0.3) is 11.4 Å². The van der Waals surface area contributed by atoms with E-state index in [1.165, 1.54) is 37.5 Å². The van der Waals surface area contributed by atoms with E-state index in [1.54, 1.807) is 53.5 Å². The summed E-state index contributed by atoms with van der Waals surface area (Å²) in [7, 11) is 1.46. The standard InChI is InChI=1S/C47H56N4O13/c1-3-25-62-47-43(49(21-26-61-27-24-54)44(55)20-15-32-13-16-34(17-14-32)50(56)57)31-41(48-60-2)39-28-33(9-4-6-22-52)38(12-5-7-23-53)45(46(39)47)40-30-37(18-19-42(40)64-47)63-36-11-8-10-35(29-36)51(58)59/h3,8,10-11,13-20,28-30,33,38,43,45-46,52-54H,1,4-7,9,12,21-27,31H2,2H3/t33-,38+,43-,45+,46+,47+/m0/s1. The summed E-state index contributed by atoms with van der Waals surface area (Å²) in [4.78, 5) is 43.8. The Kier molecular flexibility index (Phi) is 16.8. The number of oxime groups is 1. The van der Waals surface area contributed by atoms with Crippen LogP contribution in [0, 0.1) is 38.0 Å². The second-order valence-corrected chi connectivity index (χ2v) is 15.9. The minimum Gasteiger partial charge on any atom is -0.459 e. The molecule has 6 rings (SSSR count). The number of hydrogen-bond acceptors (Lipinski definition) is 14. The zero-order valence-corrected chi connectivity index (χ0v) is 35.9. The molecule has 0 spiro atoms. The zero-order valence-electron chi connectivity index (χ0n) is 35.9. The number of fused-ring (bicyclic) bond motifs is 2. The number of amides is 1. The summed E-state index contributed by atoms with van der Waals surface area (Å²) in [5, 5.41) is 56.9. The van der Waals surface area contributed by atoms with Crippen LogP contribution in [0.15, 0.2) is 102 Å². The normalized spacial score (nSPS) is 22.8. The van der Waals surface area contributed by atoms with E-state index in [1.807, 2.05) is 6.07 Å². The third-order valence-electron chi connectivity index (χ3n) is 12.0. The van der Waals surface area contributed by atoms with E-state index >= 15 is 0 Å². The van der Waals surface area contributed by atoms with E-state index in [4.69, 9.17) is 23.8 Å². The summed E-state index contributed by atoms with van der Waals surface area (Å²) < 4.78 is 26.2. The number of allylic oxidation sites excluding steroid dienone is 1. The molecule has 17 nitrogen and oxygen atoms in total. The first-order chi connectivity index (χ1) is 31.1. The van der Waals surface area contributed by atoms with Crippen molar-refractivity contribution in [3.05, 3.63) is 128 Å². The highest BCUT2D eigenvalue weighted by atomic mass is 16.7. The topological polar surface area (TPSA) is 226 Å². The van der Waals surface area contributed by atoms with Crippen LogP contribution in [0.5, 0.6) is 17.2 Å². The van der Waals surface area contributed by atoms with Gasteiger partial charge in [0.15, 0.2) is 0 Å². The number of aliphatic hydroxyl groups is 3. The Morgan fingerprint density at radius 2 is 1.67 bits per heavy atom. The van der Waals surface area contributed by atoms with Gasteiger partial charge in [-0.15, -0.1) is 6.58 Å². The Morgan fingerprint density at radius 1 is 0.938 bits per heavy atom. The van der Waals surface area contributed by atoms with E-state index in [9.17, 15) is 40.3 Å². The van der Waals surface area contributed by atoms with Crippen molar-refractivity contribution in [3.8, 4) is 17.2 Å². The molecule has 0 saturated heterocycles. The number of nitrogens with zero attached hydrogens (tertiary/aromatic N) is 4. The van der Waals surface area contributed by atoms with Gasteiger partial charge in [-0.25, -0.2) is 0 Å². The lowest BCUT2D eigenvalue weighted by Gasteiger charge is -2.60. The average molecular weight is 885 g/mol. The molecule has 3 aromatic carbocycles. The number of nitro groups is 2. The van der Waals surface area contributed by atoms with E-state index in [0.29, 0.717) is 48.5 Å². The number of unbranched alkanes of at least 4 members (excludes halogenated alkanes) is 2. The molecule has 3 N–H and O–H groups in total. The fraction of sp³-hybridized carbons (Fsp3) is 0.447. The number of ether oxygens (including phenoxy) is 4. The first-order valence-corrected chi connectivity index (χ1v) is 21.5. The predicted molar refractivity (Wildman–Crippen MR) is 237 cm³/mol. The van der Waals surface area contributed by atoms with Gasteiger partial charge in [0.2, 0.25) is 11.7 Å². The van der Waals surface area contributed by atoms with E-state index < -0.39 is 33.5 Å². The number of hydrogen-bond donors (Lipinski definition) is 3. The summed E-state index contributed by atoms with van der Waals surface area (Å²) in [5.41, 5.74) is 2.53. The van der Waals surface area contributed by atoms with Crippen molar-refractivity contribution in [1.29, 1.82) is 0 Å². The maximum Gasteiger partial charge on any atom is 0.273 e. The lowest BCUT2D eigenvalue weighted by Crippen LogP contribution is -2.70. The van der Waals surface area contributed by atoms with Crippen LogP contribution in [-0.4, -0.2) is 107 Å². The molecule has 6 atom stereocenters. The van der Waals surface area contributed by atoms with Gasteiger partial charge in [-0.3, -0.25) is 25.0 Å². The van der Waals surface area contributed by atoms with Crippen molar-refractivity contribution in [2.24, 2.45) is 22.9 Å². The zero-order chi connectivity index (χ0) is 45.6. The van der Waals surface area contributed by atoms with Crippen LogP contribution in [0.25, 0.3) is 6.08 Å². The molecule has 0 aromatic heterocycles. The van der Waals surface area contributed by atoms with Gasteiger partial charge in [0, 0.05) is 61.9 Å². The lowest BCUT2D eigenvalue weighted by molar-refractivity contribution is -0.385. The number of nitro benzene ring substituents is 2. The molecule has 3 aliphatic rings. The predicted octanol–water partition coefficient (Wildman–Crippen LogP) is 7.11. The molecule has 342 valence electrons. The van der Waals surface area contributed by atoms with Crippen LogP contribution in [0.2, 0.25) is 0 Å². The first-order valence-electron chi connectivity index (χ1n) is 21.5. The lowest BCUT2D eigenvalue weighted by atomic mass is 9.55. The highest BCUT2D eigenvalue weighted by Gasteiger charge is 2.65.